The second kappa shape index (κ2) is 6.96. The van der Waals surface area contributed by atoms with E-state index in [1.807, 2.05) is 42.5 Å². The summed E-state index contributed by atoms with van der Waals surface area (Å²) in [5.41, 5.74) is 2.56. The number of H-pyrrole nitrogens is 1. The predicted molar refractivity (Wildman–Crippen MR) is 108 cm³/mol. The summed E-state index contributed by atoms with van der Waals surface area (Å²) in [5.74, 6) is 0.600. The highest BCUT2D eigenvalue weighted by Crippen LogP contribution is 2.39. The average Bonchev–Trinajstić information content (AvgIpc) is 3.36. The van der Waals surface area contributed by atoms with Crippen LogP contribution in [0.15, 0.2) is 42.5 Å². The summed E-state index contributed by atoms with van der Waals surface area (Å²) in [6.45, 7) is 0. The van der Waals surface area contributed by atoms with E-state index in [9.17, 15) is 4.79 Å². The molecule has 0 unspecified atom stereocenters. The van der Waals surface area contributed by atoms with Gasteiger partial charge in [0.05, 0.1) is 11.6 Å². The van der Waals surface area contributed by atoms with Crippen molar-refractivity contribution in [1.29, 1.82) is 0 Å². The molecule has 1 saturated carbocycles. The number of nitrogens with zero attached hydrogens (tertiary/aromatic N) is 1. The zero-order chi connectivity index (χ0) is 17.4. The van der Waals surface area contributed by atoms with Gasteiger partial charge in [-0.1, -0.05) is 42.6 Å². The van der Waals surface area contributed by atoms with Gasteiger partial charge in [-0.05, 0) is 64.8 Å². The summed E-state index contributed by atoms with van der Waals surface area (Å²) in [5, 5.41) is 12.0. The molecule has 1 aliphatic carbocycles. The van der Waals surface area contributed by atoms with Crippen LogP contribution in [0.25, 0.3) is 10.9 Å². The molecule has 1 heterocycles. The number of carbonyl (C=O) groups excluding carboxylic acids is 1. The number of amides is 1. The Bertz CT molecular complexity index is 935. The molecule has 0 aliphatic heterocycles. The van der Waals surface area contributed by atoms with Crippen LogP contribution in [0.3, 0.4) is 0 Å². The third kappa shape index (κ3) is 3.67. The lowest BCUT2D eigenvalue weighted by Crippen LogP contribution is -2.29. The quantitative estimate of drug-likeness (QED) is 0.516. The van der Waals surface area contributed by atoms with E-state index in [2.05, 4.69) is 38.1 Å². The second-order valence-electron chi connectivity index (χ2n) is 6.50. The molecular weight excluding hydrogens is 449 g/mol. The van der Waals surface area contributed by atoms with Crippen molar-refractivity contribution in [3.05, 3.63) is 62.3 Å². The van der Waals surface area contributed by atoms with Gasteiger partial charge in [-0.3, -0.25) is 9.89 Å². The highest BCUT2D eigenvalue weighted by molar-refractivity contribution is 14.1. The first-order valence-corrected chi connectivity index (χ1v) is 9.76. The van der Waals surface area contributed by atoms with Gasteiger partial charge < -0.3 is 5.32 Å². The maximum atomic E-state index is 12.8. The van der Waals surface area contributed by atoms with Crippen molar-refractivity contribution >= 4 is 51.0 Å². The Labute approximate surface area is 164 Å². The molecule has 1 aromatic heterocycles. The number of fused-ring (bicyclic) bond motifs is 1. The van der Waals surface area contributed by atoms with Crippen molar-refractivity contribution in [2.75, 3.05) is 0 Å². The molecule has 0 bridgehead atoms. The first kappa shape index (κ1) is 16.8. The van der Waals surface area contributed by atoms with E-state index in [0.29, 0.717) is 16.5 Å². The van der Waals surface area contributed by atoms with Gasteiger partial charge in [-0.15, -0.1) is 0 Å². The molecular formula is C19H17ClIN3O. The van der Waals surface area contributed by atoms with E-state index >= 15 is 0 Å². The Morgan fingerprint density at radius 3 is 2.88 bits per heavy atom. The van der Waals surface area contributed by atoms with Crippen LogP contribution in [0.5, 0.6) is 0 Å². The van der Waals surface area contributed by atoms with Gasteiger partial charge in [-0.25, -0.2) is 0 Å². The van der Waals surface area contributed by atoms with Crippen molar-refractivity contribution in [3.63, 3.8) is 0 Å². The zero-order valence-corrected chi connectivity index (χ0v) is 16.3. The Balaban J connectivity index is 1.60. The first-order chi connectivity index (χ1) is 12.1. The molecule has 1 aliphatic rings. The van der Waals surface area contributed by atoms with Crippen molar-refractivity contribution < 1.29 is 4.79 Å². The SMILES string of the molecule is O=C(N[C@@H](CC1CC1)c1ccccc1Cl)c1ccc2[nH]nc(I)c2c1. The predicted octanol–water partition coefficient (Wildman–Crippen LogP) is 5.09. The van der Waals surface area contributed by atoms with Gasteiger partial charge in [0.2, 0.25) is 0 Å². The van der Waals surface area contributed by atoms with Gasteiger partial charge in [-0.2, -0.15) is 5.10 Å². The summed E-state index contributed by atoms with van der Waals surface area (Å²) in [4.78, 5) is 12.8. The number of hydrogen-bond acceptors (Lipinski definition) is 2. The molecule has 0 spiro atoms. The number of rotatable bonds is 5. The average molecular weight is 466 g/mol. The summed E-state index contributed by atoms with van der Waals surface area (Å²) in [6.07, 6.45) is 3.40. The lowest BCUT2D eigenvalue weighted by Gasteiger charge is -2.20. The van der Waals surface area contributed by atoms with Gasteiger partial charge in [0.1, 0.15) is 3.70 Å². The molecule has 2 N–H and O–H groups in total. The lowest BCUT2D eigenvalue weighted by atomic mass is 10.0. The largest absolute Gasteiger partial charge is 0.345 e. The minimum atomic E-state index is -0.0792. The standard InChI is InChI=1S/C19H17ClIN3O/c20-15-4-2-1-3-13(15)17(9-11-5-6-11)22-19(25)12-7-8-16-14(10-12)18(21)24-23-16/h1-4,7-8,10-11,17H,5-6,9H2,(H,22,25)(H,23,24)/t17-/m0/s1. The Hall–Kier alpha value is -1.60. The zero-order valence-electron chi connectivity index (χ0n) is 13.4. The summed E-state index contributed by atoms with van der Waals surface area (Å²) >= 11 is 8.54. The van der Waals surface area contributed by atoms with E-state index < -0.39 is 0 Å². The highest BCUT2D eigenvalue weighted by Gasteiger charge is 2.28. The van der Waals surface area contributed by atoms with Crippen molar-refractivity contribution in [2.24, 2.45) is 5.92 Å². The van der Waals surface area contributed by atoms with Crippen LogP contribution in [0, 0.1) is 9.62 Å². The number of aromatic nitrogens is 2. The molecule has 3 aromatic rings. The number of halogens is 2. The number of aromatic amines is 1. The Kier molecular flexibility index (Phi) is 4.69. The maximum Gasteiger partial charge on any atom is 0.251 e. The number of nitrogens with one attached hydrogen (secondary N) is 2. The molecule has 1 fully saturated rings. The van der Waals surface area contributed by atoms with Gasteiger partial charge in [0.25, 0.3) is 5.91 Å². The van der Waals surface area contributed by atoms with E-state index in [1.165, 1.54) is 12.8 Å². The molecule has 4 nitrogen and oxygen atoms in total. The topological polar surface area (TPSA) is 57.8 Å². The fourth-order valence-corrected chi connectivity index (χ4v) is 3.91. The fourth-order valence-electron chi connectivity index (χ4n) is 3.07. The van der Waals surface area contributed by atoms with Crippen LogP contribution >= 0.6 is 34.2 Å². The molecule has 4 rings (SSSR count). The van der Waals surface area contributed by atoms with Crippen LogP contribution in [-0.4, -0.2) is 16.1 Å². The van der Waals surface area contributed by atoms with Crippen LogP contribution in [0.1, 0.15) is 41.2 Å². The summed E-state index contributed by atoms with van der Waals surface area (Å²) in [7, 11) is 0. The Morgan fingerprint density at radius 2 is 2.12 bits per heavy atom. The van der Waals surface area contributed by atoms with Gasteiger partial charge >= 0.3 is 0 Å². The fraction of sp³-hybridized carbons (Fsp3) is 0.263. The van der Waals surface area contributed by atoms with E-state index in [0.717, 1.165) is 26.6 Å². The van der Waals surface area contributed by atoms with E-state index in [-0.39, 0.29) is 11.9 Å². The summed E-state index contributed by atoms with van der Waals surface area (Å²) < 4.78 is 0.864. The minimum Gasteiger partial charge on any atom is -0.345 e. The molecule has 1 amide bonds. The first-order valence-electron chi connectivity index (χ1n) is 8.31. The molecule has 0 saturated heterocycles. The number of benzene rings is 2. The van der Waals surface area contributed by atoms with Gasteiger partial charge in [0, 0.05) is 16.0 Å². The molecule has 6 heteroatoms. The molecule has 0 radical (unpaired) electrons. The van der Waals surface area contributed by atoms with Crippen LogP contribution in [0.4, 0.5) is 0 Å². The van der Waals surface area contributed by atoms with Crippen LogP contribution in [-0.2, 0) is 0 Å². The monoisotopic (exact) mass is 465 g/mol. The van der Waals surface area contributed by atoms with Crippen molar-refractivity contribution in [2.45, 2.75) is 25.3 Å². The third-order valence-corrected chi connectivity index (χ3v) is 5.80. The second-order valence-corrected chi connectivity index (χ2v) is 7.93. The lowest BCUT2D eigenvalue weighted by molar-refractivity contribution is 0.0933. The van der Waals surface area contributed by atoms with E-state index in [1.54, 1.807) is 0 Å². The van der Waals surface area contributed by atoms with Gasteiger partial charge in [0.15, 0.2) is 0 Å². The molecule has 1 atom stereocenters. The summed E-state index contributed by atoms with van der Waals surface area (Å²) in [6, 6.07) is 13.3. The smallest absolute Gasteiger partial charge is 0.251 e. The molecule has 2 aromatic carbocycles. The number of carbonyl (C=O) groups is 1. The van der Waals surface area contributed by atoms with Crippen molar-refractivity contribution in [3.8, 4) is 0 Å². The Morgan fingerprint density at radius 1 is 1.32 bits per heavy atom. The maximum absolute atomic E-state index is 12.8. The molecule has 128 valence electrons. The van der Waals surface area contributed by atoms with Crippen molar-refractivity contribution in [1.82, 2.24) is 15.5 Å². The van der Waals surface area contributed by atoms with Crippen LogP contribution in [0.2, 0.25) is 5.02 Å². The van der Waals surface area contributed by atoms with Crippen LogP contribution < -0.4 is 5.32 Å². The minimum absolute atomic E-state index is 0.0622. The highest BCUT2D eigenvalue weighted by atomic mass is 127. The van der Waals surface area contributed by atoms with E-state index in [4.69, 9.17) is 11.6 Å². The third-order valence-electron chi connectivity index (χ3n) is 4.63. The normalized spacial score (nSPS) is 15.3. The molecule has 25 heavy (non-hydrogen) atoms. The number of hydrogen-bond donors (Lipinski definition) is 2.